The van der Waals surface area contributed by atoms with Crippen molar-refractivity contribution >= 4 is 40.3 Å². The quantitative estimate of drug-likeness (QED) is 0.289. The third-order valence-electron chi connectivity index (χ3n) is 6.66. The van der Waals surface area contributed by atoms with Crippen molar-refractivity contribution in [3.63, 3.8) is 0 Å². The summed E-state index contributed by atoms with van der Waals surface area (Å²) >= 11 is 11.5. The molecule has 4 aromatic rings. The Hall–Kier alpha value is -3.80. The number of benzene rings is 3. The van der Waals surface area contributed by atoms with E-state index in [-0.39, 0.29) is 18.7 Å². The van der Waals surface area contributed by atoms with Crippen molar-refractivity contribution in [1.29, 1.82) is 0 Å². The van der Waals surface area contributed by atoms with Crippen LogP contribution in [0.15, 0.2) is 79.4 Å². The molecule has 8 nitrogen and oxygen atoms in total. The van der Waals surface area contributed by atoms with Gasteiger partial charge in [-0.05, 0) is 66.8 Å². The molecule has 1 saturated heterocycles. The number of thiocarbonyl (C=S) groups is 1. The van der Waals surface area contributed by atoms with Crippen LogP contribution in [0.2, 0.25) is 5.02 Å². The van der Waals surface area contributed by atoms with Gasteiger partial charge in [-0.2, -0.15) is 5.10 Å². The van der Waals surface area contributed by atoms with Crippen LogP contribution in [0, 0.1) is 11.6 Å². The Balaban J connectivity index is 1.19. The van der Waals surface area contributed by atoms with E-state index >= 15 is 0 Å². The molecule has 5 rings (SSSR count). The third kappa shape index (κ3) is 6.67. The summed E-state index contributed by atoms with van der Waals surface area (Å²) in [5.74, 6) is -1.11. The van der Waals surface area contributed by atoms with Crippen molar-refractivity contribution in [2.75, 3.05) is 43.0 Å². The average Bonchev–Trinajstić information content (AvgIpc) is 3.46. The molecule has 12 heteroatoms. The first-order valence-corrected chi connectivity index (χ1v) is 13.4. The fourth-order valence-electron chi connectivity index (χ4n) is 4.52. The number of rotatable bonds is 8. The average molecular weight is 585 g/mol. The molecule has 0 amide bonds. The Morgan fingerprint density at radius 1 is 1.02 bits per heavy atom. The van der Waals surface area contributed by atoms with Gasteiger partial charge in [0.1, 0.15) is 42.2 Å². The maximum Gasteiger partial charge on any atom is 0.173 e. The van der Waals surface area contributed by atoms with Crippen LogP contribution in [-0.2, 0) is 12.1 Å². The first kappa shape index (κ1) is 27.8. The van der Waals surface area contributed by atoms with Crippen LogP contribution in [0.5, 0.6) is 5.75 Å². The van der Waals surface area contributed by atoms with E-state index in [1.165, 1.54) is 23.4 Å². The molecule has 1 aliphatic rings. The molecule has 2 N–H and O–H groups in total. The molecule has 40 heavy (non-hydrogen) atoms. The molecule has 208 valence electrons. The summed E-state index contributed by atoms with van der Waals surface area (Å²) in [6.45, 7) is 2.67. The van der Waals surface area contributed by atoms with Crippen molar-refractivity contribution in [1.82, 2.24) is 19.7 Å². The van der Waals surface area contributed by atoms with Crippen LogP contribution < -0.4 is 15.0 Å². The first-order chi connectivity index (χ1) is 19.3. The lowest BCUT2D eigenvalue weighted by Crippen LogP contribution is -2.50. The first-order valence-electron chi connectivity index (χ1n) is 12.6. The summed E-state index contributed by atoms with van der Waals surface area (Å²) in [5.41, 5.74) is -0.00459. The monoisotopic (exact) mass is 584 g/mol. The number of aromatic nitrogens is 3. The lowest BCUT2D eigenvalue weighted by Gasteiger charge is -2.37. The molecule has 2 heterocycles. The van der Waals surface area contributed by atoms with Gasteiger partial charge in [0.2, 0.25) is 0 Å². The van der Waals surface area contributed by atoms with Crippen LogP contribution in [0.4, 0.5) is 20.2 Å². The zero-order valence-corrected chi connectivity index (χ0v) is 23.0. The van der Waals surface area contributed by atoms with E-state index < -0.39 is 17.2 Å². The van der Waals surface area contributed by atoms with Crippen molar-refractivity contribution < 1.29 is 18.6 Å². The minimum Gasteiger partial charge on any atom is -0.490 e. The molecular weight excluding hydrogens is 558 g/mol. The number of anilines is 2. The maximum atomic E-state index is 14.6. The maximum absolute atomic E-state index is 14.6. The second kappa shape index (κ2) is 12.2. The molecule has 0 spiro atoms. The molecule has 0 saturated carbocycles. The van der Waals surface area contributed by atoms with Gasteiger partial charge in [-0.1, -0.05) is 17.7 Å². The Bertz CT molecular complexity index is 1430. The van der Waals surface area contributed by atoms with Gasteiger partial charge in [0.05, 0.1) is 6.54 Å². The number of nitrogens with zero attached hydrogens (tertiary/aromatic N) is 5. The van der Waals surface area contributed by atoms with Gasteiger partial charge in [-0.25, -0.2) is 18.4 Å². The van der Waals surface area contributed by atoms with E-state index in [9.17, 15) is 13.9 Å². The van der Waals surface area contributed by atoms with Crippen molar-refractivity contribution in [2.45, 2.75) is 12.1 Å². The van der Waals surface area contributed by atoms with E-state index in [0.717, 1.165) is 49.7 Å². The number of halogens is 3. The minimum absolute atomic E-state index is 0.0950. The summed E-state index contributed by atoms with van der Waals surface area (Å²) in [4.78, 5) is 8.25. The highest BCUT2D eigenvalue weighted by molar-refractivity contribution is 7.80. The molecular formula is C28H27ClF2N6O2S. The number of ether oxygens (including phenoxy) is 1. The molecule has 1 aliphatic heterocycles. The Morgan fingerprint density at radius 2 is 1.75 bits per heavy atom. The molecule has 1 fully saturated rings. The molecule has 0 aliphatic carbocycles. The lowest BCUT2D eigenvalue weighted by molar-refractivity contribution is -0.0297. The fourth-order valence-corrected chi connectivity index (χ4v) is 4.94. The summed E-state index contributed by atoms with van der Waals surface area (Å²) in [6, 6.07) is 17.9. The Kier molecular flexibility index (Phi) is 8.43. The SMILES string of the molecule is OC(COc1ccc(N2CCN(C(=S)Nc3ccc(Cl)cc3)CC2)cc1)(Cn1cncn1)c1ccc(F)cc1F. The second-order valence-corrected chi connectivity index (χ2v) is 10.3. The number of nitrogens with one attached hydrogen (secondary N) is 1. The molecule has 1 atom stereocenters. The summed E-state index contributed by atoms with van der Waals surface area (Å²) in [6.07, 6.45) is 2.71. The molecule has 1 aromatic heterocycles. The number of hydrogen-bond acceptors (Lipinski definition) is 6. The third-order valence-corrected chi connectivity index (χ3v) is 7.28. The highest BCUT2D eigenvalue weighted by atomic mass is 35.5. The zero-order chi connectivity index (χ0) is 28.1. The van der Waals surface area contributed by atoms with Crippen LogP contribution in [-0.4, -0.2) is 62.7 Å². The highest BCUT2D eigenvalue weighted by Crippen LogP contribution is 2.29. The van der Waals surface area contributed by atoms with Gasteiger partial charge in [0, 0.05) is 54.2 Å². The standard InChI is InChI=1S/C28H27ClF2N6O2S/c29-20-1-4-22(5-2-20)34-27(40)36-13-11-35(12-14-36)23-6-8-24(9-7-23)39-17-28(38,16-37-19-32-18-33-37)25-10-3-21(30)15-26(25)31/h1-10,15,18-19,38H,11-14,16-17H2,(H,34,40). The molecule has 0 radical (unpaired) electrons. The van der Waals surface area contributed by atoms with Crippen molar-refractivity contribution in [2.24, 2.45) is 0 Å². The van der Waals surface area contributed by atoms with Gasteiger partial charge in [-0.15, -0.1) is 0 Å². The summed E-state index contributed by atoms with van der Waals surface area (Å²) < 4.78 is 35.4. The Labute approximate surface area is 240 Å². The van der Waals surface area contributed by atoms with Gasteiger partial charge < -0.3 is 25.0 Å². The minimum atomic E-state index is -1.82. The van der Waals surface area contributed by atoms with E-state index in [2.05, 4.69) is 25.2 Å². The largest absolute Gasteiger partial charge is 0.490 e. The normalized spacial score (nSPS) is 15.0. The zero-order valence-electron chi connectivity index (χ0n) is 21.4. The van der Waals surface area contributed by atoms with E-state index in [0.29, 0.717) is 15.9 Å². The van der Waals surface area contributed by atoms with Crippen LogP contribution in [0.25, 0.3) is 0 Å². The van der Waals surface area contributed by atoms with Crippen molar-refractivity contribution in [3.8, 4) is 5.75 Å². The second-order valence-electron chi connectivity index (χ2n) is 9.44. The van der Waals surface area contributed by atoms with Gasteiger partial charge in [0.15, 0.2) is 5.11 Å². The van der Waals surface area contributed by atoms with Crippen LogP contribution in [0.3, 0.4) is 0 Å². The predicted molar refractivity (Wildman–Crippen MR) is 154 cm³/mol. The van der Waals surface area contributed by atoms with Crippen LogP contribution in [0.1, 0.15) is 5.56 Å². The van der Waals surface area contributed by atoms with Gasteiger partial charge in [0.25, 0.3) is 0 Å². The van der Waals surface area contributed by atoms with Gasteiger partial charge >= 0.3 is 0 Å². The summed E-state index contributed by atoms with van der Waals surface area (Å²) in [5, 5.41) is 20.0. The predicted octanol–water partition coefficient (Wildman–Crippen LogP) is 4.70. The number of hydrogen-bond donors (Lipinski definition) is 2. The van der Waals surface area contributed by atoms with E-state index in [1.807, 2.05) is 36.4 Å². The lowest BCUT2D eigenvalue weighted by atomic mass is 9.94. The Morgan fingerprint density at radius 3 is 2.40 bits per heavy atom. The smallest absolute Gasteiger partial charge is 0.173 e. The highest BCUT2D eigenvalue weighted by Gasteiger charge is 2.35. The van der Waals surface area contributed by atoms with Crippen LogP contribution >= 0.6 is 23.8 Å². The molecule has 0 bridgehead atoms. The summed E-state index contributed by atoms with van der Waals surface area (Å²) in [7, 11) is 0. The van der Waals surface area contributed by atoms with E-state index in [4.69, 9.17) is 28.6 Å². The molecule has 1 unspecified atom stereocenters. The van der Waals surface area contributed by atoms with Crippen molar-refractivity contribution in [3.05, 3.63) is 102 Å². The van der Waals surface area contributed by atoms with Gasteiger partial charge in [-0.3, -0.25) is 0 Å². The number of aliphatic hydroxyl groups is 1. The van der Waals surface area contributed by atoms with E-state index in [1.54, 1.807) is 12.1 Å². The number of piperazine rings is 1. The fraction of sp³-hybridized carbons (Fsp3) is 0.250. The topological polar surface area (TPSA) is 78.7 Å². The molecule has 3 aromatic carbocycles.